The molecule has 0 saturated heterocycles. The summed E-state index contributed by atoms with van der Waals surface area (Å²) in [5, 5.41) is 2.91. The number of anilines is 1. The second-order valence-corrected chi connectivity index (χ2v) is 6.57. The van der Waals surface area contributed by atoms with E-state index < -0.39 is 0 Å². The number of amides is 1. The highest BCUT2D eigenvalue weighted by atomic mass is 79.9. The minimum absolute atomic E-state index is 0.0536. The molecule has 5 nitrogen and oxygen atoms in total. The van der Waals surface area contributed by atoms with Gasteiger partial charge in [-0.2, -0.15) is 0 Å². The summed E-state index contributed by atoms with van der Waals surface area (Å²) in [5.41, 5.74) is 0.777. The molecule has 2 rings (SSSR count). The van der Waals surface area contributed by atoms with Crippen LogP contribution in [-0.2, 0) is 4.79 Å². The first-order valence-corrected chi connectivity index (χ1v) is 8.83. The van der Waals surface area contributed by atoms with Crippen molar-refractivity contribution in [2.45, 2.75) is 13.0 Å². The first-order valence-electron chi connectivity index (χ1n) is 8.03. The third-order valence-corrected chi connectivity index (χ3v) is 4.45. The van der Waals surface area contributed by atoms with Gasteiger partial charge in [-0.15, -0.1) is 0 Å². The van der Waals surface area contributed by atoms with E-state index in [-0.39, 0.29) is 11.9 Å². The topological polar surface area (TPSA) is 50.8 Å². The van der Waals surface area contributed by atoms with Crippen LogP contribution in [0.15, 0.2) is 53.0 Å². The van der Waals surface area contributed by atoms with E-state index in [0.29, 0.717) is 24.7 Å². The van der Waals surface area contributed by atoms with E-state index >= 15 is 0 Å². The SMILES string of the molecule is COc1ccccc1OCCN(C)C(C)C(=O)Nc1ccc(Br)cc1. The van der Waals surface area contributed by atoms with E-state index in [9.17, 15) is 4.79 Å². The summed E-state index contributed by atoms with van der Waals surface area (Å²) in [5.74, 6) is 1.35. The molecule has 1 N–H and O–H groups in total. The molecule has 0 fully saturated rings. The summed E-state index contributed by atoms with van der Waals surface area (Å²) in [6.07, 6.45) is 0. The van der Waals surface area contributed by atoms with Crippen LogP contribution in [0.3, 0.4) is 0 Å². The van der Waals surface area contributed by atoms with Crippen molar-refractivity contribution in [3.8, 4) is 11.5 Å². The Labute approximate surface area is 157 Å². The molecule has 1 atom stereocenters. The van der Waals surface area contributed by atoms with Gasteiger partial charge in [0.15, 0.2) is 11.5 Å². The lowest BCUT2D eigenvalue weighted by atomic mass is 10.2. The lowest BCUT2D eigenvalue weighted by Crippen LogP contribution is -2.41. The summed E-state index contributed by atoms with van der Waals surface area (Å²) in [6.45, 7) is 2.96. The van der Waals surface area contributed by atoms with E-state index in [1.807, 2.05) is 67.4 Å². The third-order valence-electron chi connectivity index (χ3n) is 3.92. The first kappa shape index (κ1) is 19.3. The number of likely N-dealkylation sites (N-methyl/N-ethyl adjacent to an activating group) is 1. The van der Waals surface area contributed by atoms with Gasteiger partial charge in [-0.1, -0.05) is 28.1 Å². The Hall–Kier alpha value is -2.05. The van der Waals surface area contributed by atoms with Crippen LogP contribution in [0.5, 0.6) is 11.5 Å². The molecule has 25 heavy (non-hydrogen) atoms. The second kappa shape index (κ2) is 9.44. The maximum absolute atomic E-state index is 12.3. The van der Waals surface area contributed by atoms with Crippen LogP contribution in [0.4, 0.5) is 5.69 Å². The molecule has 0 aliphatic heterocycles. The van der Waals surface area contributed by atoms with Gasteiger partial charge in [0, 0.05) is 16.7 Å². The number of carbonyl (C=O) groups excluding carboxylic acids is 1. The minimum atomic E-state index is -0.273. The Bertz CT molecular complexity index is 691. The first-order chi connectivity index (χ1) is 12.0. The Morgan fingerprint density at radius 1 is 1.16 bits per heavy atom. The van der Waals surface area contributed by atoms with Crippen LogP contribution in [0.2, 0.25) is 0 Å². The highest BCUT2D eigenvalue weighted by molar-refractivity contribution is 9.10. The zero-order valence-electron chi connectivity index (χ0n) is 14.7. The number of hydrogen-bond donors (Lipinski definition) is 1. The van der Waals surface area contributed by atoms with Gasteiger partial charge in [0.05, 0.1) is 13.2 Å². The predicted molar refractivity (Wildman–Crippen MR) is 103 cm³/mol. The van der Waals surface area contributed by atoms with Gasteiger partial charge in [-0.25, -0.2) is 0 Å². The van der Waals surface area contributed by atoms with Crippen molar-refractivity contribution in [1.82, 2.24) is 4.90 Å². The number of nitrogens with zero attached hydrogens (tertiary/aromatic N) is 1. The van der Waals surface area contributed by atoms with E-state index in [1.54, 1.807) is 7.11 Å². The number of para-hydroxylation sites is 2. The normalized spacial score (nSPS) is 11.9. The summed E-state index contributed by atoms with van der Waals surface area (Å²) in [4.78, 5) is 14.3. The lowest BCUT2D eigenvalue weighted by molar-refractivity contribution is -0.120. The Balaban J connectivity index is 1.82. The van der Waals surface area contributed by atoms with Crippen molar-refractivity contribution < 1.29 is 14.3 Å². The van der Waals surface area contributed by atoms with Crippen LogP contribution in [0, 0.1) is 0 Å². The summed E-state index contributed by atoms with van der Waals surface area (Å²) in [7, 11) is 3.51. The molecule has 0 saturated carbocycles. The summed E-state index contributed by atoms with van der Waals surface area (Å²) >= 11 is 3.38. The fourth-order valence-electron chi connectivity index (χ4n) is 2.21. The van der Waals surface area contributed by atoms with Crippen LogP contribution in [0.1, 0.15) is 6.92 Å². The molecule has 0 bridgehead atoms. The maximum Gasteiger partial charge on any atom is 0.241 e. The van der Waals surface area contributed by atoms with Crippen molar-refractivity contribution in [2.24, 2.45) is 0 Å². The van der Waals surface area contributed by atoms with Gasteiger partial charge in [0.25, 0.3) is 0 Å². The van der Waals surface area contributed by atoms with Crippen LogP contribution < -0.4 is 14.8 Å². The quantitative estimate of drug-likeness (QED) is 0.724. The van der Waals surface area contributed by atoms with E-state index in [4.69, 9.17) is 9.47 Å². The van der Waals surface area contributed by atoms with Crippen LogP contribution >= 0.6 is 15.9 Å². The van der Waals surface area contributed by atoms with Gasteiger partial charge in [0.1, 0.15) is 6.61 Å². The van der Waals surface area contributed by atoms with E-state index in [1.165, 1.54) is 0 Å². The fourth-order valence-corrected chi connectivity index (χ4v) is 2.48. The molecule has 134 valence electrons. The van der Waals surface area contributed by atoms with Gasteiger partial charge in [-0.05, 0) is 50.4 Å². The number of ether oxygens (including phenoxy) is 2. The number of rotatable bonds is 8. The second-order valence-electron chi connectivity index (χ2n) is 5.65. The molecular weight excluding hydrogens is 384 g/mol. The molecule has 0 aromatic heterocycles. The minimum Gasteiger partial charge on any atom is -0.493 e. The van der Waals surface area contributed by atoms with Crippen molar-refractivity contribution in [3.05, 3.63) is 53.0 Å². The van der Waals surface area contributed by atoms with Crippen molar-refractivity contribution in [3.63, 3.8) is 0 Å². The number of benzene rings is 2. The number of hydrogen-bond acceptors (Lipinski definition) is 4. The van der Waals surface area contributed by atoms with Crippen molar-refractivity contribution in [2.75, 3.05) is 32.6 Å². The molecule has 0 heterocycles. The van der Waals surface area contributed by atoms with Crippen molar-refractivity contribution in [1.29, 1.82) is 0 Å². The van der Waals surface area contributed by atoms with Gasteiger partial charge < -0.3 is 14.8 Å². The largest absolute Gasteiger partial charge is 0.493 e. The van der Waals surface area contributed by atoms with Crippen LogP contribution in [-0.4, -0.2) is 44.2 Å². The number of methoxy groups -OCH3 is 1. The molecule has 0 aliphatic carbocycles. The number of nitrogens with one attached hydrogen (secondary N) is 1. The molecule has 2 aromatic carbocycles. The molecule has 2 aromatic rings. The molecule has 1 unspecified atom stereocenters. The number of halogens is 1. The summed E-state index contributed by atoms with van der Waals surface area (Å²) < 4.78 is 12.0. The third kappa shape index (κ3) is 5.76. The summed E-state index contributed by atoms with van der Waals surface area (Å²) in [6, 6.07) is 14.7. The average Bonchev–Trinajstić information content (AvgIpc) is 2.63. The predicted octanol–water partition coefficient (Wildman–Crippen LogP) is 3.80. The molecule has 0 aliphatic rings. The molecule has 0 spiro atoms. The Kier molecular flexibility index (Phi) is 7.28. The van der Waals surface area contributed by atoms with Crippen LogP contribution in [0.25, 0.3) is 0 Å². The highest BCUT2D eigenvalue weighted by Gasteiger charge is 2.18. The Morgan fingerprint density at radius 3 is 2.44 bits per heavy atom. The van der Waals surface area contributed by atoms with Gasteiger partial charge in [-0.3, -0.25) is 9.69 Å². The molecular formula is C19H23BrN2O3. The maximum atomic E-state index is 12.3. The Morgan fingerprint density at radius 2 is 1.80 bits per heavy atom. The highest BCUT2D eigenvalue weighted by Crippen LogP contribution is 2.25. The number of carbonyl (C=O) groups is 1. The van der Waals surface area contributed by atoms with E-state index in [0.717, 1.165) is 10.2 Å². The lowest BCUT2D eigenvalue weighted by Gasteiger charge is -2.24. The smallest absolute Gasteiger partial charge is 0.241 e. The monoisotopic (exact) mass is 406 g/mol. The zero-order chi connectivity index (χ0) is 18.2. The van der Waals surface area contributed by atoms with Crippen molar-refractivity contribution >= 4 is 27.5 Å². The average molecular weight is 407 g/mol. The standard InChI is InChI=1S/C19H23BrN2O3/c1-14(19(23)21-16-10-8-15(20)9-11-16)22(2)12-13-25-18-7-5-4-6-17(18)24-3/h4-11,14H,12-13H2,1-3H3,(H,21,23). The van der Waals surface area contributed by atoms with Gasteiger partial charge in [0.2, 0.25) is 5.91 Å². The molecule has 6 heteroatoms. The van der Waals surface area contributed by atoms with E-state index in [2.05, 4.69) is 21.2 Å². The van der Waals surface area contributed by atoms with Gasteiger partial charge >= 0.3 is 0 Å². The zero-order valence-corrected chi connectivity index (χ0v) is 16.2. The fraction of sp³-hybridized carbons (Fsp3) is 0.316. The molecule has 0 radical (unpaired) electrons. The molecule has 1 amide bonds.